The van der Waals surface area contributed by atoms with E-state index in [0.29, 0.717) is 39.7 Å². The summed E-state index contributed by atoms with van der Waals surface area (Å²) in [5, 5.41) is 8.55. The number of H-pyrrole nitrogens is 1. The van der Waals surface area contributed by atoms with Crippen molar-refractivity contribution in [3.63, 3.8) is 0 Å². The largest absolute Gasteiger partial charge is 0.497 e. The highest BCUT2D eigenvalue weighted by Crippen LogP contribution is 2.37. The third kappa shape index (κ3) is 5.56. The fourth-order valence-electron chi connectivity index (χ4n) is 3.65. The minimum absolute atomic E-state index is 0.373. The van der Waals surface area contributed by atoms with Crippen molar-refractivity contribution in [1.29, 1.82) is 0 Å². The topological polar surface area (TPSA) is 86.3 Å². The summed E-state index contributed by atoms with van der Waals surface area (Å²) >= 11 is 7.61. The number of hydrogen-bond donors (Lipinski definition) is 1. The van der Waals surface area contributed by atoms with Gasteiger partial charge in [-0.1, -0.05) is 47.6 Å². The zero-order chi connectivity index (χ0) is 24.9. The molecule has 5 rings (SSSR count). The van der Waals surface area contributed by atoms with Crippen LogP contribution in [0.25, 0.3) is 23.0 Å². The zero-order valence-electron chi connectivity index (χ0n) is 19.4. The molecular formula is C27H22ClN3O4S. The molecule has 2 heterocycles. The first kappa shape index (κ1) is 24.0. The predicted octanol–water partition coefficient (Wildman–Crippen LogP) is 6.15. The van der Waals surface area contributed by atoms with Crippen LogP contribution in [-0.4, -0.2) is 40.6 Å². The molecule has 0 saturated carbocycles. The van der Waals surface area contributed by atoms with E-state index in [1.807, 2.05) is 66.7 Å². The second-order valence-electron chi connectivity index (χ2n) is 7.91. The van der Waals surface area contributed by atoms with Gasteiger partial charge in [0, 0.05) is 28.0 Å². The van der Waals surface area contributed by atoms with Gasteiger partial charge >= 0.3 is 5.97 Å². The second-order valence-corrected chi connectivity index (χ2v) is 9.40. The maximum atomic E-state index is 12.3. The lowest BCUT2D eigenvalue weighted by molar-refractivity contribution is -0.126. The molecule has 1 aliphatic rings. The lowest BCUT2D eigenvalue weighted by Crippen LogP contribution is -2.00. The van der Waals surface area contributed by atoms with Gasteiger partial charge in [0.05, 0.1) is 19.3 Å². The molecule has 7 nitrogen and oxygen atoms in total. The molecule has 0 radical (unpaired) electrons. The third-order valence-electron chi connectivity index (χ3n) is 5.44. The average Bonchev–Trinajstić information content (AvgIpc) is 3.48. The number of aromatic amines is 1. The van der Waals surface area contributed by atoms with Gasteiger partial charge in [0.2, 0.25) is 5.16 Å². The average molecular weight is 520 g/mol. The van der Waals surface area contributed by atoms with Crippen molar-refractivity contribution in [1.82, 2.24) is 15.2 Å². The zero-order valence-corrected chi connectivity index (χ0v) is 20.9. The number of methoxy groups -OCH3 is 1. The first-order valence-corrected chi connectivity index (χ1v) is 12.6. The molecule has 0 spiro atoms. The fourth-order valence-corrected chi connectivity index (χ4v) is 4.55. The minimum Gasteiger partial charge on any atom is -0.497 e. The van der Waals surface area contributed by atoms with E-state index in [0.717, 1.165) is 34.6 Å². The van der Waals surface area contributed by atoms with Crippen LogP contribution in [-0.2, 0) is 4.79 Å². The standard InChI is InChI=1S/C27H22ClN3O4S/c1-33-21-10-11-22-23(26(32)35-24(22)16-21)14-17-6-8-20(9-7-17)34-12-3-13-36-27-29-25(30-31-27)18-4-2-5-19(28)15-18/h2,4-11,14-16H,3,12-13H2,1H3,(H,29,30,31)/b23-14+. The van der Waals surface area contributed by atoms with E-state index in [1.54, 1.807) is 24.9 Å². The molecule has 0 fully saturated rings. The van der Waals surface area contributed by atoms with E-state index in [4.69, 9.17) is 25.8 Å². The highest BCUT2D eigenvalue weighted by Gasteiger charge is 2.27. The van der Waals surface area contributed by atoms with Crippen molar-refractivity contribution >= 4 is 41.0 Å². The van der Waals surface area contributed by atoms with Crippen LogP contribution in [0.3, 0.4) is 0 Å². The molecular weight excluding hydrogens is 498 g/mol. The summed E-state index contributed by atoms with van der Waals surface area (Å²) in [4.78, 5) is 16.8. The van der Waals surface area contributed by atoms with E-state index in [2.05, 4.69) is 15.2 Å². The highest BCUT2D eigenvalue weighted by molar-refractivity contribution is 7.99. The Morgan fingerprint density at radius 2 is 1.92 bits per heavy atom. The van der Waals surface area contributed by atoms with Crippen molar-refractivity contribution in [3.05, 3.63) is 82.9 Å². The van der Waals surface area contributed by atoms with Crippen LogP contribution in [0.5, 0.6) is 17.2 Å². The van der Waals surface area contributed by atoms with Crippen molar-refractivity contribution in [2.75, 3.05) is 19.5 Å². The summed E-state index contributed by atoms with van der Waals surface area (Å²) in [5.41, 5.74) is 3.06. The first-order chi connectivity index (χ1) is 17.6. The Bertz CT molecular complexity index is 1420. The normalized spacial score (nSPS) is 13.5. The van der Waals surface area contributed by atoms with E-state index in [-0.39, 0.29) is 5.97 Å². The number of rotatable bonds is 9. The Morgan fingerprint density at radius 1 is 1.08 bits per heavy atom. The molecule has 3 aromatic carbocycles. The molecule has 0 unspecified atom stereocenters. The van der Waals surface area contributed by atoms with Gasteiger partial charge in [-0.15, -0.1) is 5.10 Å². The number of halogens is 1. The molecule has 9 heteroatoms. The smallest absolute Gasteiger partial charge is 0.344 e. The summed E-state index contributed by atoms with van der Waals surface area (Å²) in [6.45, 7) is 0.570. The third-order valence-corrected chi connectivity index (χ3v) is 6.61. The number of thioether (sulfide) groups is 1. The monoisotopic (exact) mass is 519 g/mol. The van der Waals surface area contributed by atoms with Gasteiger partial charge in [-0.05, 0) is 54.5 Å². The lowest BCUT2D eigenvalue weighted by atomic mass is 10.0. The van der Waals surface area contributed by atoms with Gasteiger partial charge in [0.1, 0.15) is 17.2 Å². The summed E-state index contributed by atoms with van der Waals surface area (Å²) in [7, 11) is 1.58. The van der Waals surface area contributed by atoms with E-state index >= 15 is 0 Å². The summed E-state index contributed by atoms with van der Waals surface area (Å²) < 4.78 is 16.4. The SMILES string of the molecule is COc1ccc2c(c1)OC(=O)/C2=C/c1ccc(OCCCSc2n[nH]c(-c3cccc(Cl)c3)n2)cc1. The van der Waals surface area contributed by atoms with Crippen molar-refractivity contribution in [2.24, 2.45) is 0 Å². The molecule has 0 saturated heterocycles. The van der Waals surface area contributed by atoms with Crippen LogP contribution in [0.2, 0.25) is 5.02 Å². The maximum Gasteiger partial charge on any atom is 0.344 e. The molecule has 182 valence electrons. The van der Waals surface area contributed by atoms with Crippen molar-refractivity contribution in [2.45, 2.75) is 11.6 Å². The Labute approximate surface area is 217 Å². The summed E-state index contributed by atoms with van der Waals surface area (Å²) in [5.74, 6) is 3.06. The molecule has 0 atom stereocenters. The number of carbonyl (C=O) groups excluding carboxylic acids is 1. The summed E-state index contributed by atoms with van der Waals surface area (Å²) in [6, 6.07) is 20.5. The number of ether oxygens (including phenoxy) is 3. The number of nitrogens with zero attached hydrogens (tertiary/aromatic N) is 2. The van der Waals surface area contributed by atoms with E-state index in [9.17, 15) is 4.79 Å². The van der Waals surface area contributed by atoms with Crippen LogP contribution in [0.1, 0.15) is 17.5 Å². The number of fused-ring (bicyclic) bond motifs is 1. The van der Waals surface area contributed by atoms with Crippen LogP contribution >= 0.6 is 23.4 Å². The number of hydrogen-bond acceptors (Lipinski definition) is 7. The van der Waals surface area contributed by atoms with E-state index in [1.165, 1.54) is 0 Å². The Hall–Kier alpha value is -3.75. The number of carbonyl (C=O) groups is 1. The van der Waals surface area contributed by atoms with Crippen molar-refractivity contribution < 1.29 is 19.0 Å². The predicted molar refractivity (Wildman–Crippen MR) is 141 cm³/mol. The van der Waals surface area contributed by atoms with Gasteiger partial charge in [-0.25, -0.2) is 9.78 Å². The molecule has 0 amide bonds. The Kier molecular flexibility index (Phi) is 7.25. The van der Waals surface area contributed by atoms with Crippen LogP contribution in [0.15, 0.2) is 71.9 Å². The summed E-state index contributed by atoms with van der Waals surface area (Å²) in [6.07, 6.45) is 2.65. The van der Waals surface area contributed by atoms with Crippen molar-refractivity contribution in [3.8, 4) is 28.6 Å². The number of esters is 1. The fraction of sp³-hybridized carbons (Fsp3) is 0.148. The van der Waals surface area contributed by atoms with Gasteiger partial charge in [0.25, 0.3) is 0 Å². The van der Waals surface area contributed by atoms with E-state index < -0.39 is 0 Å². The molecule has 1 aliphatic heterocycles. The van der Waals surface area contributed by atoms with Gasteiger partial charge < -0.3 is 14.2 Å². The molecule has 0 bridgehead atoms. The maximum absolute atomic E-state index is 12.3. The van der Waals surface area contributed by atoms with Crippen LogP contribution < -0.4 is 14.2 Å². The molecule has 36 heavy (non-hydrogen) atoms. The molecule has 1 N–H and O–H groups in total. The van der Waals surface area contributed by atoms with Gasteiger partial charge in [-0.2, -0.15) is 0 Å². The molecule has 4 aromatic rings. The quantitative estimate of drug-likeness (QED) is 0.0932. The van der Waals surface area contributed by atoms with Crippen LogP contribution in [0, 0.1) is 0 Å². The number of nitrogens with one attached hydrogen (secondary N) is 1. The Morgan fingerprint density at radius 3 is 2.72 bits per heavy atom. The molecule has 0 aliphatic carbocycles. The van der Waals surface area contributed by atoms with Crippen LogP contribution in [0.4, 0.5) is 0 Å². The van der Waals surface area contributed by atoms with Gasteiger partial charge in [0.15, 0.2) is 5.82 Å². The van der Waals surface area contributed by atoms with Gasteiger partial charge in [-0.3, -0.25) is 5.10 Å². The Balaban J connectivity index is 1.11. The highest BCUT2D eigenvalue weighted by atomic mass is 35.5. The first-order valence-electron chi connectivity index (χ1n) is 11.3. The molecule has 1 aromatic heterocycles. The minimum atomic E-state index is -0.373. The second kappa shape index (κ2) is 10.9. The lowest BCUT2D eigenvalue weighted by Gasteiger charge is -2.06. The number of benzene rings is 3. The number of aromatic nitrogens is 3.